The van der Waals surface area contributed by atoms with Crippen molar-refractivity contribution in [2.75, 3.05) is 11.9 Å². The van der Waals surface area contributed by atoms with Crippen LogP contribution in [0.3, 0.4) is 0 Å². The second kappa shape index (κ2) is 6.89. The Labute approximate surface area is 138 Å². The Morgan fingerprint density at radius 3 is 2.52 bits per heavy atom. The molecule has 0 aliphatic heterocycles. The third-order valence-electron chi connectivity index (χ3n) is 2.94. The lowest BCUT2D eigenvalue weighted by molar-refractivity contribution is -0.120. The molecule has 1 amide bonds. The number of nitrogens with two attached hydrogens (primary N) is 1. The third kappa shape index (κ3) is 4.14. The van der Waals surface area contributed by atoms with Crippen LogP contribution in [0.25, 0.3) is 11.3 Å². The van der Waals surface area contributed by atoms with Crippen LogP contribution in [0.1, 0.15) is 30.4 Å². The molecular weight excluding hydrogens is 314 g/mol. The van der Waals surface area contributed by atoms with E-state index in [-0.39, 0.29) is 12.5 Å². The molecule has 0 aliphatic rings. The van der Waals surface area contributed by atoms with Gasteiger partial charge in [-0.2, -0.15) is 0 Å². The summed E-state index contributed by atoms with van der Waals surface area (Å²) in [6, 6.07) is 9.27. The van der Waals surface area contributed by atoms with Crippen LogP contribution in [0.15, 0.2) is 30.3 Å². The lowest BCUT2D eigenvalue weighted by atomic mass is 10.1. The maximum absolute atomic E-state index is 12.1. The number of carbonyl (C=O) groups is 2. The average Bonchev–Trinajstić information content (AvgIpc) is 2.91. The first-order chi connectivity index (χ1) is 10.8. The molecule has 0 saturated heterocycles. The van der Waals surface area contributed by atoms with Crippen LogP contribution in [-0.4, -0.2) is 29.0 Å². The number of nitrogens with one attached hydrogen (secondary N) is 1. The van der Waals surface area contributed by atoms with Crippen LogP contribution in [0, 0.1) is 0 Å². The first kappa shape index (κ1) is 17.1. The second-order valence-electron chi connectivity index (χ2n) is 5.46. The first-order valence-electron chi connectivity index (χ1n) is 7.16. The van der Waals surface area contributed by atoms with Gasteiger partial charge in [-0.1, -0.05) is 41.7 Å². The van der Waals surface area contributed by atoms with Crippen LogP contribution < -0.4 is 11.1 Å². The van der Waals surface area contributed by atoms with E-state index in [1.807, 2.05) is 30.3 Å². The fourth-order valence-corrected chi connectivity index (χ4v) is 2.63. The van der Waals surface area contributed by atoms with E-state index >= 15 is 0 Å². The molecule has 2 aromatic rings. The van der Waals surface area contributed by atoms with Crippen molar-refractivity contribution >= 4 is 28.3 Å². The van der Waals surface area contributed by atoms with Gasteiger partial charge in [-0.15, -0.1) is 0 Å². The summed E-state index contributed by atoms with van der Waals surface area (Å²) in [5.74, 6) is -0.836. The van der Waals surface area contributed by atoms with E-state index in [4.69, 9.17) is 10.5 Å². The summed E-state index contributed by atoms with van der Waals surface area (Å²) in [5, 5.41) is 2.96. The van der Waals surface area contributed by atoms with Crippen LogP contribution in [-0.2, 0) is 9.53 Å². The summed E-state index contributed by atoms with van der Waals surface area (Å²) in [7, 11) is 0. The summed E-state index contributed by atoms with van der Waals surface area (Å²) in [6.45, 7) is 5.20. The minimum atomic E-state index is -1.04. The smallest absolute Gasteiger partial charge is 0.350 e. The molecule has 0 unspecified atom stereocenters. The second-order valence-corrected chi connectivity index (χ2v) is 6.46. The van der Waals surface area contributed by atoms with Gasteiger partial charge >= 0.3 is 5.97 Å². The maximum Gasteiger partial charge on any atom is 0.350 e. The Morgan fingerprint density at radius 2 is 1.96 bits per heavy atom. The Morgan fingerprint density at radius 1 is 1.30 bits per heavy atom. The molecule has 0 spiro atoms. The number of anilines is 1. The van der Waals surface area contributed by atoms with Gasteiger partial charge in [-0.05, 0) is 20.8 Å². The number of thiazole rings is 1. The number of rotatable bonds is 5. The number of ether oxygens (including phenoxy) is 1. The fraction of sp³-hybridized carbons (Fsp3) is 0.312. The molecule has 2 rings (SSSR count). The summed E-state index contributed by atoms with van der Waals surface area (Å²) in [4.78, 5) is 28.9. The number of carbonyl (C=O) groups excluding carboxylic acids is 2. The van der Waals surface area contributed by atoms with Crippen molar-refractivity contribution in [3.8, 4) is 11.3 Å². The summed E-state index contributed by atoms with van der Waals surface area (Å²) < 4.78 is 5.07. The zero-order chi connectivity index (χ0) is 17.0. The molecule has 122 valence electrons. The van der Waals surface area contributed by atoms with Gasteiger partial charge in [0.2, 0.25) is 5.91 Å². The number of hydrogen-bond acceptors (Lipinski definition) is 6. The molecule has 6 nitrogen and oxygen atoms in total. The summed E-state index contributed by atoms with van der Waals surface area (Å²) in [6.07, 6.45) is 0. The third-order valence-corrected chi connectivity index (χ3v) is 3.89. The van der Waals surface area contributed by atoms with Crippen molar-refractivity contribution in [3.05, 3.63) is 35.2 Å². The molecule has 0 radical (unpaired) electrons. The van der Waals surface area contributed by atoms with E-state index in [1.165, 1.54) is 0 Å². The predicted molar refractivity (Wildman–Crippen MR) is 90.4 cm³/mol. The maximum atomic E-state index is 12.1. The Hall–Kier alpha value is -2.25. The lowest BCUT2D eigenvalue weighted by Crippen LogP contribution is -2.45. The molecule has 7 heteroatoms. The van der Waals surface area contributed by atoms with Gasteiger partial charge in [0.1, 0.15) is 4.88 Å². The van der Waals surface area contributed by atoms with Crippen LogP contribution in [0.2, 0.25) is 0 Å². The standard InChI is InChI=1S/C16H19N3O3S/c1-4-22-13(20)12-11(10-8-6-5-7-9-10)18-15(23-12)19-14(21)16(2,3)17/h5-9H,4,17H2,1-3H3,(H,18,19,21). The van der Waals surface area contributed by atoms with Crippen LogP contribution in [0.5, 0.6) is 0 Å². The summed E-state index contributed by atoms with van der Waals surface area (Å²) >= 11 is 1.07. The highest BCUT2D eigenvalue weighted by Crippen LogP contribution is 2.32. The fourth-order valence-electron chi connectivity index (χ4n) is 1.76. The van der Waals surface area contributed by atoms with E-state index in [9.17, 15) is 9.59 Å². The van der Waals surface area contributed by atoms with Gasteiger partial charge in [-0.3, -0.25) is 4.79 Å². The Kier molecular flexibility index (Phi) is 5.12. The molecule has 23 heavy (non-hydrogen) atoms. The molecule has 0 bridgehead atoms. The Balaban J connectivity index is 2.40. The first-order valence-corrected chi connectivity index (χ1v) is 7.98. The van der Waals surface area contributed by atoms with E-state index in [1.54, 1.807) is 20.8 Å². The molecule has 0 saturated carbocycles. The van der Waals surface area contributed by atoms with Crippen LogP contribution in [0.4, 0.5) is 5.13 Å². The van der Waals surface area contributed by atoms with Crippen LogP contribution >= 0.6 is 11.3 Å². The van der Waals surface area contributed by atoms with Gasteiger partial charge < -0.3 is 15.8 Å². The average molecular weight is 333 g/mol. The highest BCUT2D eigenvalue weighted by atomic mass is 32.1. The molecule has 0 fully saturated rings. The number of nitrogens with zero attached hydrogens (tertiary/aromatic N) is 1. The van der Waals surface area contributed by atoms with Gasteiger partial charge in [0.15, 0.2) is 5.13 Å². The monoisotopic (exact) mass is 333 g/mol. The largest absolute Gasteiger partial charge is 0.462 e. The van der Waals surface area contributed by atoms with Gasteiger partial charge in [0.25, 0.3) is 0 Å². The minimum Gasteiger partial charge on any atom is -0.462 e. The molecule has 1 aromatic carbocycles. The minimum absolute atomic E-state index is 0.266. The van der Waals surface area contributed by atoms with Gasteiger partial charge in [0, 0.05) is 5.56 Å². The van der Waals surface area contributed by atoms with E-state index in [0.29, 0.717) is 15.7 Å². The number of esters is 1. The zero-order valence-electron chi connectivity index (χ0n) is 13.3. The highest BCUT2D eigenvalue weighted by Gasteiger charge is 2.26. The quantitative estimate of drug-likeness (QED) is 0.820. The normalized spacial score (nSPS) is 11.1. The molecule has 0 atom stereocenters. The highest BCUT2D eigenvalue weighted by molar-refractivity contribution is 7.18. The van der Waals surface area contributed by atoms with Crippen molar-refractivity contribution in [2.24, 2.45) is 5.73 Å². The Bertz CT molecular complexity index is 705. The molecule has 1 aromatic heterocycles. The van der Waals surface area contributed by atoms with E-state index < -0.39 is 11.5 Å². The van der Waals surface area contributed by atoms with Crippen molar-refractivity contribution < 1.29 is 14.3 Å². The number of hydrogen-bond donors (Lipinski definition) is 2. The van der Waals surface area contributed by atoms with Crippen molar-refractivity contribution in [1.82, 2.24) is 4.98 Å². The summed E-state index contributed by atoms with van der Waals surface area (Å²) in [5.41, 5.74) is 5.99. The van der Waals surface area contributed by atoms with Crippen molar-refractivity contribution in [2.45, 2.75) is 26.3 Å². The van der Waals surface area contributed by atoms with Gasteiger partial charge in [-0.25, -0.2) is 9.78 Å². The molecule has 1 heterocycles. The number of amides is 1. The molecule has 0 aliphatic carbocycles. The molecular formula is C16H19N3O3S. The van der Waals surface area contributed by atoms with Crippen molar-refractivity contribution in [1.29, 1.82) is 0 Å². The predicted octanol–water partition coefficient (Wildman–Crippen LogP) is 2.66. The lowest BCUT2D eigenvalue weighted by Gasteiger charge is -2.16. The van der Waals surface area contributed by atoms with E-state index in [2.05, 4.69) is 10.3 Å². The number of aromatic nitrogens is 1. The molecule has 3 N–H and O–H groups in total. The topological polar surface area (TPSA) is 94.3 Å². The SMILES string of the molecule is CCOC(=O)c1sc(NC(=O)C(C)(C)N)nc1-c1ccccc1. The van der Waals surface area contributed by atoms with Gasteiger partial charge in [0.05, 0.1) is 17.8 Å². The zero-order valence-corrected chi connectivity index (χ0v) is 14.1. The van der Waals surface area contributed by atoms with Crippen molar-refractivity contribution in [3.63, 3.8) is 0 Å². The van der Waals surface area contributed by atoms with E-state index in [0.717, 1.165) is 16.9 Å². The number of benzene rings is 1.